The Kier molecular flexibility index (Phi) is 5.86. The van der Waals surface area contributed by atoms with Gasteiger partial charge < -0.3 is 4.74 Å². The summed E-state index contributed by atoms with van der Waals surface area (Å²) in [6.45, 7) is 4.02. The largest absolute Gasteiger partial charge is 0.375 e. The first kappa shape index (κ1) is 14.1. The smallest absolute Gasteiger partial charge is 0.261 e. The number of hydrogen-bond donors (Lipinski definition) is 0. The summed E-state index contributed by atoms with van der Waals surface area (Å²) in [5, 5.41) is 0. The molecular weight excluding hydrogens is 298 g/mol. The Balaban J connectivity index is 2.35. The van der Waals surface area contributed by atoms with Crippen LogP contribution >= 0.6 is 27.3 Å². The van der Waals surface area contributed by atoms with Gasteiger partial charge in [0.1, 0.15) is 6.61 Å². The topological polar surface area (TPSA) is 9.23 Å². The van der Waals surface area contributed by atoms with Gasteiger partial charge in [-0.25, -0.2) is 8.78 Å². The van der Waals surface area contributed by atoms with Crippen molar-refractivity contribution in [1.29, 1.82) is 0 Å². The van der Waals surface area contributed by atoms with Crippen LogP contribution in [0.5, 0.6) is 0 Å². The van der Waals surface area contributed by atoms with Crippen molar-refractivity contribution in [3.63, 3.8) is 0 Å². The lowest BCUT2D eigenvalue weighted by Gasteiger charge is -2.09. The third-order valence-corrected chi connectivity index (χ3v) is 4.11. The van der Waals surface area contributed by atoms with Crippen LogP contribution in [-0.4, -0.2) is 19.6 Å². The molecule has 1 heterocycles. The van der Waals surface area contributed by atoms with Crippen LogP contribution in [0.4, 0.5) is 8.78 Å². The maximum atomic E-state index is 11.8. The number of alkyl halides is 3. The second-order valence-corrected chi connectivity index (χ2v) is 6.16. The van der Waals surface area contributed by atoms with Crippen LogP contribution in [0.15, 0.2) is 6.07 Å². The molecule has 1 aromatic heterocycles. The van der Waals surface area contributed by atoms with Gasteiger partial charge in [0, 0.05) is 21.2 Å². The molecule has 5 heteroatoms. The average Bonchev–Trinajstić information content (AvgIpc) is 2.52. The van der Waals surface area contributed by atoms with Crippen LogP contribution in [0.3, 0.4) is 0 Å². The Morgan fingerprint density at radius 3 is 2.62 bits per heavy atom. The summed E-state index contributed by atoms with van der Waals surface area (Å²) in [7, 11) is 0. The first-order chi connectivity index (χ1) is 7.50. The quantitative estimate of drug-likeness (QED) is 0.556. The highest BCUT2D eigenvalue weighted by Gasteiger charge is 2.13. The zero-order valence-corrected chi connectivity index (χ0v) is 11.7. The normalized spacial score (nSPS) is 13.4. The highest BCUT2D eigenvalue weighted by Crippen LogP contribution is 2.33. The summed E-state index contributed by atoms with van der Waals surface area (Å²) in [5.74, 6) is 0. The van der Waals surface area contributed by atoms with Gasteiger partial charge in [-0.1, -0.05) is 15.9 Å². The molecule has 0 amide bonds. The van der Waals surface area contributed by atoms with Crippen molar-refractivity contribution in [1.82, 2.24) is 0 Å². The second-order valence-electron chi connectivity index (χ2n) is 3.59. The van der Waals surface area contributed by atoms with E-state index in [0.29, 0.717) is 13.0 Å². The highest BCUT2D eigenvalue weighted by atomic mass is 79.9. The van der Waals surface area contributed by atoms with Crippen molar-refractivity contribution in [2.24, 2.45) is 0 Å². The molecule has 1 nitrogen and oxygen atoms in total. The summed E-state index contributed by atoms with van der Waals surface area (Å²) in [6, 6.07) is 2.13. The van der Waals surface area contributed by atoms with Gasteiger partial charge in [0.2, 0.25) is 0 Å². The molecule has 0 saturated carbocycles. The van der Waals surface area contributed by atoms with Gasteiger partial charge in [0.05, 0.1) is 0 Å². The minimum Gasteiger partial charge on any atom is -0.375 e. The first-order valence-electron chi connectivity index (χ1n) is 5.07. The number of aryl methyl sites for hydroxylation is 2. The number of thiophene rings is 1. The van der Waals surface area contributed by atoms with E-state index in [-0.39, 0.29) is 4.83 Å². The highest BCUT2D eigenvalue weighted by molar-refractivity contribution is 9.09. The number of ether oxygens (including phenoxy) is 1. The monoisotopic (exact) mass is 312 g/mol. The van der Waals surface area contributed by atoms with Gasteiger partial charge in [-0.05, 0) is 31.9 Å². The summed E-state index contributed by atoms with van der Waals surface area (Å²) >= 11 is 5.31. The molecule has 1 atom stereocenters. The summed E-state index contributed by atoms with van der Waals surface area (Å²) in [6.07, 6.45) is -1.66. The lowest BCUT2D eigenvalue weighted by atomic mass is 10.1. The van der Waals surface area contributed by atoms with Crippen LogP contribution in [0.25, 0.3) is 0 Å². The molecule has 0 radical (unpaired) electrons. The van der Waals surface area contributed by atoms with Crippen molar-refractivity contribution in [3.8, 4) is 0 Å². The van der Waals surface area contributed by atoms with Crippen molar-refractivity contribution >= 4 is 27.3 Å². The molecule has 0 spiro atoms. The van der Waals surface area contributed by atoms with E-state index >= 15 is 0 Å². The van der Waals surface area contributed by atoms with E-state index in [0.717, 1.165) is 0 Å². The molecule has 1 aromatic rings. The van der Waals surface area contributed by atoms with Gasteiger partial charge in [0.25, 0.3) is 6.43 Å². The predicted molar refractivity (Wildman–Crippen MR) is 66.9 cm³/mol. The van der Waals surface area contributed by atoms with E-state index < -0.39 is 13.0 Å². The van der Waals surface area contributed by atoms with Crippen molar-refractivity contribution < 1.29 is 13.5 Å². The summed E-state index contributed by atoms with van der Waals surface area (Å²) in [4.78, 5) is 2.73. The van der Waals surface area contributed by atoms with Crippen LogP contribution in [0, 0.1) is 13.8 Å². The molecule has 0 aliphatic heterocycles. The summed E-state index contributed by atoms with van der Waals surface area (Å²) < 4.78 is 28.5. The molecule has 0 saturated heterocycles. The van der Waals surface area contributed by atoms with Gasteiger partial charge >= 0.3 is 0 Å². The zero-order valence-electron chi connectivity index (χ0n) is 9.30. The molecule has 0 aliphatic rings. The van der Waals surface area contributed by atoms with E-state index in [1.807, 2.05) is 0 Å². The Labute approximate surface area is 107 Å². The van der Waals surface area contributed by atoms with Gasteiger partial charge in [-0.2, -0.15) is 0 Å². The van der Waals surface area contributed by atoms with E-state index in [1.54, 1.807) is 11.3 Å². The van der Waals surface area contributed by atoms with Gasteiger partial charge in [-0.15, -0.1) is 11.3 Å². The maximum Gasteiger partial charge on any atom is 0.261 e. The Hall–Kier alpha value is -0.0000000000000000555. The maximum absolute atomic E-state index is 11.8. The fourth-order valence-electron chi connectivity index (χ4n) is 1.48. The minimum absolute atomic E-state index is 0.190. The molecule has 0 N–H and O–H groups in total. The Bertz CT molecular complexity index is 328. The van der Waals surface area contributed by atoms with Crippen molar-refractivity contribution in [3.05, 3.63) is 21.4 Å². The van der Waals surface area contributed by atoms with E-state index in [9.17, 15) is 8.78 Å². The van der Waals surface area contributed by atoms with Crippen molar-refractivity contribution in [2.75, 3.05) is 13.2 Å². The molecule has 16 heavy (non-hydrogen) atoms. The standard InChI is InChI=1S/C11H15BrF2OS/c1-7-5-9(8(2)16-7)10(12)3-4-15-6-11(13)14/h5,10-11H,3-4,6H2,1-2H3. The molecule has 92 valence electrons. The van der Waals surface area contributed by atoms with Crippen LogP contribution in [0.1, 0.15) is 26.6 Å². The average molecular weight is 313 g/mol. The Morgan fingerprint density at radius 2 is 2.12 bits per heavy atom. The van der Waals surface area contributed by atoms with E-state index in [2.05, 4.69) is 35.8 Å². The summed E-state index contributed by atoms with van der Waals surface area (Å²) in [5.41, 5.74) is 1.24. The van der Waals surface area contributed by atoms with Crippen LogP contribution in [0.2, 0.25) is 0 Å². The fourth-order valence-corrected chi connectivity index (χ4v) is 3.28. The molecule has 1 rings (SSSR count). The Morgan fingerprint density at radius 1 is 1.44 bits per heavy atom. The van der Waals surface area contributed by atoms with Gasteiger partial charge in [0.15, 0.2) is 0 Å². The first-order valence-corrected chi connectivity index (χ1v) is 6.80. The lowest BCUT2D eigenvalue weighted by molar-refractivity contribution is 0.0167. The third kappa shape index (κ3) is 4.47. The van der Waals surface area contributed by atoms with Crippen molar-refractivity contribution in [2.45, 2.75) is 31.5 Å². The third-order valence-electron chi connectivity index (χ3n) is 2.18. The zero-order chi connectivity index (χ0) is 12.1. The molecule has 0 fully saturated rings. The van der Waals surface area contributed by atoms with Crippen LogP contribution < -0.4 is 0 Å². The SMILES string of the molecule is Cc1cc(C(Br)CCOCC(F)F)c(C)s1. The lowest BCUT2D eigenvalue weighted by Crippen LogP contribution is -2.06. The number of halogens is 3. The fraction of sp³-hybridized carbons (Fsp3) is 0.636. The van der Waals surface area contributed by atoms with E-state index in [4.69, 9.17) is 4.74 Å². The van der Waals surface area contributed by atoms with E-state index in [1.165, 1.54) is 15.3 Å². The number of rotatable bonds is 6. The molecular formula is C11H15BrF2OS. The predicted octanol–water partition coefficient (Wildman–Crippen LogP) is 4.47. The molecule has 1 unspecified atom stereocenters. The molecule has 0 bridgehead atoms. The second kappa shape index (κ2) is 6.67. The minimum atomic E-state index is -2.38. The van der Waals surface area contributed by atoms with Gasteiger partial charge in [-0.3, -0.25) is 0 Å². The molecule has 0 aliphatic carbocycles. The number of hydrogen-bond acceptors (Lipinski definition) is 2. The van der Waals surface area contributed by atoms with Crippen LogP contribution in [-0.2, 0) is 4.74 Å². The molecule has 0 aromatic carbocycles.